The molecule has 0 aromatic heterocycles. The molecule has 0 saturated heterocycles. The summed E-state index contributed by atoms with van der Waals surface area (Å²) >= 11 is 4.42. The molecule has 0 atom stereocenters. The zero-order valence-corrected chi connectivity index (χ0v) is 6.56. The lowest BCUT2D eigenvalue weighted by Gasteiger charge is -2.14. The molecule has 10 heavy (non-hydrogen) atoms. The van der Waals surface area contributed by atoms with Gasteiger partial charge < -0.3 is 4.90 Å². The van der Waals surface area contributed by atoms with Crippen molar-refractivity contribution in [2.75, 3.05) is 13.1 Å². The average Bonchev–Trinajstić information content (AvgIpc) is 1.87. The average molecular weight is 156 g/mol. The number of hydrogen-bond donors (Lipinski definition) is 0. The molecule has 0 bridgehead atoms. The lowest BCUT2D eigenvalue weighted by molar-refractivity contribution is 0.233. The summed E-state index contributed by atoms with van der Waals surface area (Å²) in [7, 11) is 0. The summed E-state index contributed by atoms with van der Waals surface area (Å²) in [6.45, 7) is 7.97. The topological polar surface area (TPSA) is 20.3 Å². The summed E-state index contributed by atoms with van der Waals surface area (Å²) in [5.74, 6) is 0. The summed E-state index contributed by atoms with van der Waals surface area (Å²) in [6.07, 6.45) is 3.27. The molecule has 0 aliphatic rings. The highest BCUT2D eigenvalue weighted by Gasteiger charge is 2.04. The molecule has 1 amide bonds. The monoisotopic (exact) mass is 156 g/mol. The molecule has 0 spiro atoms. The number of nitrogens with zero attached hydrogens (tertiary/aromatic N) is 1. The van der Waals surface area contributed by atoms with Crippen LogP contribution < -0.4 is 0 Å². The van der Waals surface area contributed by atoms with Crippen molar-refractivity contribution in [3.05, 3.63) is 25.3 Å². The summed E-state index contributed by atoms with van der Waals surface area (Å²) in [4.78, 5) is 12.0. The second-order valence-electron chi connectivity index (χ2n) is 1.75. The summed E-state index contributed by atoms with van der Waals surface area (Å²) in [5.41, 5.74) is 0. The van der Waals surface area contributed by atoms with Crippen LogP contribution in [0.3, 0.4) is 0 Å². The largest absolute Gasteiger partial charge is 0.322 e. The van der Waals surface area contributed by atoms with Crippen molar-refractivity contribution in [1.29, 1.82) is 0 Å². The van der Waals surface area contributed by atoms with Gasteiger partial charge in [-0.3, -0.25) is 4.79 Å². The Morgan fingerprint density at radius 1 is 1.40 bits per heavy atom. The van der Waals surface area contributed by atoms with E-state index in [-0.39, 0.29) is 5.24 Å². The van der Waals surface area contributed by atoms with Crippen molar-refractivity contribution >= 4 is 17.9 Å². The normalized spacial score (nSPS) is 8.40. The molecule has 55 valence electrons. The van der Waals surface area contributed by atoms with Crippen molar-refractivity contribution < 1.29 is 4.79 Å². The summed E-state index contributed by atoms with van der Waals surface area (Å²) < 4.78 is 0. The minimum absolute atomic E-state index is 0.361. The fraction of sp³-hybridized carbons (Fsp3) is 0.286. The van der Waals surface area contributed by atoms with E-state index < -0.39 is 0 Å². The molecule has 0 heterocycles. The van der Waals surface area contributed by atoms with Gasteiger partial charge in [0.05, 0.1) is 0 Å². The smallest absolute Gasteiger partial charge is 0.313 e. The van der Waals surface area contributed by atoms with Crippen LogP contribution in [-0.4, -0.2) is 23.2 Å². The molecule has 1 radical (unpaired) electrons. The first-order valence-electron chi connectivity index (χ1n) is 2.90. The number of amides is 1. The van der Waals surface area contributed by atoms with Crippen LogP contribution in [0.5, 0.6) is 0 Å². The molecule has 0 N–H and O–H groups in total. The first-order valence-corrected chi connectivity index (χ1v) is 3.31. The van der Waals surface area contributed by atoms with Crippen molar-refractivity contribution in [2.45, 2.75) is 0 Å². The maximum Gasteiger partial charge on any atom is 0.313 e. The van der Waals surface area contributed by atoms with E-state index in [4.69, 9.17) is 0 Å². The number of carbonyl (C=O) groups is 1. The Morgan fingerprint density at radius 2 is 1.80 bits per heavy atom. The molecule has 0 saturated carbocycles. The second kappa shape index (κ2) is 4.99. The predicted molar refractivity (Wildman–Crippen MR) is 45.0 cm³/mol. The van der Waals surface area contributed by atoms with E-state index in [1.807, 2.05) is 0 Å². The fourth-order valence-electron chi connectivity index (χ4n) is 0.535. The van der Waals surface area contributed by atoms with Crippen LogP contribution >= 0.6 is 12.6 Å². The molecule has 0 aromatic carbocycles. The van der Waals surface area contributed by atoms with Crippen LogP contribution in [0.4, 0.5) is 4.79 Å². The van der Waals surface area contributed by atoms with Gasteiger partial charge in [0.15, 0.2) is 0 Å². The van der Waals surface area contributed by atoms with Gasteiger partial charge in [-0.15, -0.1) is 13.2 Å². The van der Waals surface area contributed by atoms with E-state index in [0.717, 1.165) is 0 Å². The lowest BCUT2D eigenvalue weighted by Crippen LogP contribution is -2.26. The van der Waals surface area contributed by atoms with Gasteiger partial charge in [-0.2, -0.15) is 0 Å². The summed E-state index contributed by atoms with van der Waals surface area (Å²) in [5, 5.41) is -0.361. The van der Waals surface area contributed by atoms with E-state index >= 15 is 0 Å². The Kier molecular flexibility index (Phi) is 4.58. The molecule has 0 aromatic rings. The number of hydrogen-bond acceptors (Lipinski definition) is 1. The Labute approximate surface area is 66.6 Å². The number of carbonyl (C=O) groups excluding carboxylic acids is 1. The van der Waals surface area contributed by atoms with Gasteiger partial charge in [0, 0.05) is 13.1 Å². The first-order chi connectivity index (χ1) is 4.72. The van der Waals surface area contributed by atoms with Crippen LogP contribution in [0.1, 0.15) is 0 Å². The van der Waals surface area contributed by atoms with E-state index in [1.54, 1.807) is 12.2 Å². The van der Waals surface area contributed by atoms with Gasteiger partial charge in [-0.25, -0.2) is 0 Å². The minimum atomic E-state index is -0.361. The highest BCUT2D eigenvalue weighted by Crippen LogP contribution is 1.95. The van der Waals surface area contributed by atoms with Crippen molar-refractivity contribution in [3.63, 3.8) is 0 Å². The van der Waals surface area contributed by atoms with Crippen LogP contribution in [0.2, 0.25) is 0 Å². The molecule has 0 rings (SSSR count). The standard InChI is InChI=1S/C7H10NOS/c1-3-5-8(6-4-2)7(9)10/h3-4H,1-2,5-6H2. The van der Waals surface area contributed by atoms with E-state index in [1.165, 1.54) is 4.90 Å². The van der Waals surface area contributed by atoms with Crippen LogP contribution in [0, 0.1) is 0 Å². The third kappa shape index (κ3) is 3.25. The Balaban J connectivity index is 3.83. The van der Waals surface area contributed by atoms with Gasteiger partial charge in [0.25, 0.3) is 0 Å². The lowest BCUT2D eigenvalue weighted by atomic mass is 10.5. The maximum absolute atomic E-state index is 10.6. The molecule has 0 aliphatic carbocycles. The first kappa shape index (κ1) is 9.17. The van der Waals surface area contributed by atoms with E-state index in [0.29, 0.717) is 13.1 Å². The van der Waals surface area contributed by atoms with Crippen LogP contribution in [0.15, 0.2) is 25.3 Å². The molecular weight excluding hydrogens is 146 g/mol. The zero-order valence-electron chi connectivity index (χ0n) is 5.75. The van der Waals surface area contributed by atoms with Gasteiger partial charge in [-0.1, -0.05) is 12.2 Å². The van der Waals surface area contributed by atoms with Crippen LogP contribution in [-0.2, 0) is 0 Å². The van der Waals surface area contributed by atoms with Gasteiger partial charge in [0.2, 0.25) is 0 Å². The zero-order chi connectivity index (χ0) is 7.98. The molecule has 0 unspecified atom stereocenters. The maximum atomic E-state index is 10.6. The third-order valence-corrected chi connectivity index (χ3v) is 1.22. The van der Waals surface area contributed by atoms with Crippen molar-refractivity contribution in [1.82, 2.24) is 4.90 Å². The van der Waals surface area contributed by atoms with Crippen molar-refractivity contribution in [2.24, 2.45) is 0 Å². The van der Waals surface area contributed by atoms with Gasteiger partial charge >= 0.3 is 5.24 Å². The molecule has 3 heteroatoms. The molecular formula is C7H10NOS. The third-order valence-electron chi connectivity index (χ3n) is 0.957. The molecule has 0 fully saturated rings. The fourth-order valence-corrected chi connectivity index (χ4v) is 0.684. The SMILES string of the molecule is C=CCN(CC=C)C(=O)[S]. The van der Waals surface area contributed by atoms with Gasteiger partial charge in [-0.05, 0) is 12.6 Å². The predicted octanol–water partition coefficient (Wildman–Crippen LogP) is 1.98. The van der Waals surface area contributed by atoms with Gasteiger partial charge in [0.1, 0.15) is 0 Å². The molecule has 0 aliphatic heterocycles. The van der Waals surface area contributed by atoms with E-state index in [2.05, 4.69) is 25.8 Å². The minimum Gasteiger partial charge on any atom is -0.322 e. The highest BCUT2D eigenvalue weighted by molar-refractivity contribution is 7.96. The molecule has 2 nitrogen and oxygen atoms in total. The highest BCUT2D eigenvalue weighted by atomic mass is 32.1. The quantitative estimate of drug-likeness (QED) is 0.570. The summed E-state index contributed by atoms with van der Waals surface area (Å²) in [6, 6.07) is 0. The Morgan fingerprint density at radius 3 is 2.00 bits per heavy atom. The van der Waals surface area contributed by atoms with Crippen molar-refractivity contribution in [3.8, 4) is 0 Å². The second-order valence-corrected chi connectivity index (χ2v) is 2.10. The Hall–Kier alpha value is -0.830. The van der Waals surface area contributed by atoms with E-state index in [9.17, 15) is 4.79 Å². The van der Waals surface area contributed by atoms with Crippen LogP contribution in [0.25, 0.3) is 0 Å². The number of rotatable bonds is 4. The Bertz CT molecular complexity index is 135.